The number of hydrogen-bond acceptors (Lipinski definition) is 3. The number of nitrogens with one attached hydrogen (secondary N) is 1. The summed E-state index contributed by atoms with van der Waals surface area (Å²) in [5, 5.41) is 11.8. The van der Waals surface area contributed by atoms with Gasteiger partial charge < -0.3 is 10.4 Å². The van der Waals surface area contributed by atoms with Crippen LogP contribution in [0.2, 0.25) is 0 Å². The van der Waals surface area contributed by atoms with E-state index in [1.807, 2.05) is 0 Å². The lowest BCUT2D eigenvalue weighted by atomic mass is 9.69. The number of carbonyl (C=O) groups excluding carboxylic acids is 1. The van der Waals surface area contributed by atoms with Gasteiger partial charge in [-0.1, -0.05) is 6.42 Å². The monoisotopic (exact) mass is 297 g/mol. The Morgan fingerprint density at radius 3 is 2.45 bits per heavy atom. The number of hydrogen-bond donors (Lipinski definition) is 2. The molecule has 0 radical (unpaired) electrons. The third kappa shape index (κ3) is 3.50. The minimum absolute atomic E-state index is 0.186. The Kier molecular flexibility index (Phi) is 4.65. The molecule has 0 atom stereocenters. The van der Waals surface area contributed by atoms with Gasteiger partial charge >= 0.3 is 5.97 Å². The molecule has 0 saturated heterocycles. The summed E-state index contributed by atoms with van der Waals surface area (Å²) in [6, 6.07) is 5.90. The molecule has 0 heterocycles. The number of carbonyl (C=O) groups is 2. The molecular formula is C14H16FNO3S. The van der Waals surface area contributed by atoms with E-state index in [9.17, 15) is 14.0 Å². The summed E-state index contributed by atoms with van der Waals surface area (Å²) < 4.78 is 12.7. The number of carboxylic acids is 1. The largest absolute Gasteiger partial charge is 0.481 e. The van der Waals surface area contributed by atoms with Gasteiger partial charge in [0.25, 0.3) is 0 Å². The molecule has 20 heavy (non-hydrogen) atoms. The number of amides is 1. The third-order valence-corrected chi connectivity index (χ3v) is 4.58. The van der Waals surface area contributed by atoms with Crippen LogP contribution < -0.4 is 5.32 Å². The van der Waals surface area contributed by atoms with Crippen molar-refractivity contribution < 1.29 is 19.1 Å². The zero-order valence-corrected chi connectivity index (χ0v) is 11.7. The molecule has 4 nitrogen and oxygen atoms in total. The maximum atomic E-state index is 12.7. The molecule has 1 amide bonds. The molecule has 108 valence electrons. The SMILES string of the molecule is O=C(CSc1ccc(F)cc1)NCC1(C(=O)O)CCC1. The van der Waals surface area contributed by atoms with Crippen LogP contribution in [0.3, 0.4) is 0 Å². The lowest BCUT2D eigenvalue weighted by Crippen LogP contribution is -2.47. The van der Waals surface area contributed by atoms with Crippen molar-refractivity contribution in [2.45, 2.75) is 24.2 Å². The van der Waals surface area contributed by atoms with Gasteiger partial charge in [-0.25, -0.2) is 4.39 Å². The van der Waals surface area contributed by atoms with Crippen molar-refractivity contribution in [1.29, 1.82) is 0 Å². The zero-order valence-electron chi connectivity index (χ0n) is 10.9. The van der Waals surface area contributed by atoms with Crippen LogP contribution in [-0.2, 0) is 9.59 Å². The first kappa shape index (κ1) is 14.8. The van der Waals surface area contributed by atoms with E-state index in [-0.39, 0.29) is 24.0 Å². The topological polar surface area (TPSA) is 66.4 Å². The van der Waals surface area contributed by atoms with Crippen molar-refractivity contribution >= 4 is 23.6 Å². The third-order valence-electron chi connectivity index (χ3n) is 3.57. The van der Waals surface area contributed by atoms with Crippen molar-refractivity contribution in [1.82, 2.24) is 5.32 Å². The molecule has 0 unspecified atom stereocenters. The summed E-state index contributed by atoms with van der Waals surface area (Å²) in [6.07, 6.45) is 2.13. The van der Waals surface area contributed by atoms with E-state index < -0.39 is 11.4 Å². The fourth-order valence-electron chi connectivity index (χ4n) is 2.07. The molecule has 1 aliphatic rings. The average molecular weight is 297 g/mol. The minimum Gasteiger partial charge on any atom is -0.481 e. The summed E-state index contributed by atoms with van der Waals surface area (Å²) in [6.45, 7) is 0.186. The first-order chi connectivity index (χ1) is 9.52. The molecule has 6 heteroatoms. The van der Waals surface area contributed by atoms with Gasteiger partial charge in [0.15, 0.2) is 0 Å². The summed E-state index contributed by atoms with van der Waals surface area (Å²) in [7, 11) is 0. The first-order valence-corrected chi connectivity index (χ1v) is 7.39. The Morgan fingerprint density at radius 1 is 1.30 bits per heavy atom. The molecule has 1 aromatic rings. The second-order valence-corrected chi connectivity index (χ2v) is 6.01. The van der Waals surface area contributed by atoms with Crippen molar-refractivity contribution in [3.63, 3.8) is 0 Å². The number of carboxylic acid groups (broad SMARTS) is 1. The highest BCUT2D eigenvalue weighted by Crippen LogP contribution is 2.40. The van der Waals surface area contributed by atoms with Crippen LogP contribution in [0.4, 0.5) is 4.39 Å². The van der Waals surface area contributed by atoms with Crippen molar-refractivity contribution in [3.8, 4) is 0 Å². The van der Waals surface area contributed by atoms with E-state index in [0.29, 0.717) is 12.8 Å². The maximum absolute atomic E-state index is 12.7. The number of benzene rings is 1. The fraction of sp³-hybridized carbons (Fsp3) is 0.429. The Morgan fingerprint density at radius 2 is 1.95 bits per heavy atom. The van der Waals surface area contributed by atoms with Crippen LogP contribution in [0, 0.1) is 11.2 Å². The van der Waals surface area contributed by atoms with Gasteiger partial charge in [0.05, 0.1) is 11.2 Å². The molecule has 1 fully saturated rings. The molecule has 0 spiro atoms. The van der Waals surface area contributed by atoms with Gasteiger partial charge in [0, 0.05) is 11.4 Å². The van der Waals surface area contributed by atoms with Crippen LogP contribution in [0.15, 0.2) is 29.2 Å². The number of halogens is 1. The van der Waals surface area contributed by atoms with Crippen LogP contribution in [0.25, 0.3) is 0 Å². The van der Waals surface area contributed by atoms with Gasteiger partial charge in [-0.3, -0.25) is 9.59 Å². The summed E-state index contributed by atoms with van der Waals surface area (Å²) in [4.78, 5) is 23.6. The standard InChI is InChI=1S/C14H16FNO3S/c15-10-2-4-11(5-3-10)20-8-12(17)16-9-14(13(18)19)6-1-7-14/h2-5H,1,6-9H2,(H,16,17)(H,18,19). The Hall–Kier alpha value is -1.56. The lowest BCUT2D eigenvalue weighted by Gasteiger charge is -2.37. The number of thioether (sulfide) groups is 1. The van der Waals surface area contributed by atoms with Crippen LogP contribution in [0.5, 0.6) is 0 Å². The van der Waals surface area contributed by atoms with E-state index in [4.69, 9.17) is 5.11 Å². The summed E-state index contributed by atoms with van der Waals surface area (Å²) in [5.74, 6) is -1.16. The molecule has 1 saturated carbocycles. The van der Waals surface area contributed by atoms with E-state index in [2.05, 4.69) is 5.32 Å². The molecule has 1 aliphatic carbocycles. The first-order valence-electron chi connectivity index (χ1n) is 6.40. The van der Waals surface area contributed by atoms with Gasteiger partial charge in [-0.05, 0) is 37.1 Å². The minimum atomic E-state index is -0.838. The Labute approximate surface area is 120 Å². The van der Waals surface area contributed by atoms with Crippen LogP contribution in [0.1, 0.15) is 19.3 Å². The molecule has 0 aromatic heterocycles. The van der Waals surface area contributed by atoms with Crippen LogP contribution >= 0.6 is 11.8 Å². The predicted molar refractivity (Wildman–Crippen MR) is 74.1 cm³/mol. The second kappa shape index (κ2) is 6.26. The van der Waals surface area contributed by atoms with E-state index in [0.717, 1.165) is 11.3 Å². The Balaban J connectivity index is 1.75. The van der Waals surface area contributed by atoms with Gasteiger partial charge in [-0.15, -0.1) is 11.8 Å². The highest BCUT2D eigenvalue weighted by molar-refractivity contribution is 8.00. The number of rotatable bonds is 6. The Bertz CT molecular complexity index is 500. The van der Waals surface area contributed by atoms with Gasteiger partial charge in [-0.2, -0.15) is 0 Å². The normalized spacial score (nSPS) is 16.2. The second-order valence-electron chi connectivity index (χ2n) is 4.96. The molecular weight excluding hydrogens is 281 g/mol. The molecule has 0 bridgehead atoms. The van der Waals surface area contributed by atoms with Gasteiger partial charge in [0.1, 0.15) is 5.82 Å². The van der Waals surface area contributed by atoms with Gasteiger partial charge in [0.2, 0.25) is 5.91 Å². The predicted octanol–water partition coefficient (Wildman–Crippen LogP) is 2.29. The smallest absolute Gasteiger partial charge is 0.311 e. The molecule has 2 rings (SSSR count). The van der Waals surface area contributed by atoms with Crippen molar-refractivity contribution in [2.75, 3.05) is 12.3 Å². The fourth-order valence-corrected chi connectivity index (χ4v) is 2.80. The van der Waals surface area contributed by atoms with Crippen LogP contribution in [-0.4, -0.2) is 29.3 Å². The highest BCUT2D eigenvalue weighted by Gasteiger charge is 2.44. The summed E-state index contributed by atoms with van der Waals surface area (Å²) >= 11 is 1.30. The quantitative estimate of drug-likeness (QED) is 0.791. The highest BCUT2D eigenvalue weighted by atomic mass is 32.2. The molecule has 2 N–H and O–H groups in total. The summed E-state index contributed by atoms with van der Waals surface area (Å²) in [5.41, 5.74) is -0.768. The lowest BCUT2D eigenvalue weighted by molar-refractivity contribution is -0.154. The van der Waals surface area contributed by atoms with E-state index in [1.54, 1.807) is 12.1 Å². The van der Waals surface area contributed by atoms with E-state index >= 15 is 0 Å². The maximum Gasteiger partial charge on any atom is 0.311 e. The zero-order chi connectivity index (χ0) is 14.6. The number of aliphatic carboxylic acids is 1. The molecule has 0 aliphatic heterocycles. The molecule has 1 aromatic carbocycles. The van der Waals surface area contributed by atoms with E-state index in [1.165, 1.54) is 23.9 Å². The average Bonchev–Trinajstić information content (AvgIpc) is 2.36. The van der Waals surface area contributed by atoms with Crippen molar-refractivity contribution in [2.24, 2.45) is 5.41 Å². The van der Waals surface area contributed by atoms with Crippen molar-refractivity contribution in [3.05, 3.63) is 30.1 Å².